The number of ketones is 3. The molecule has 0 aliphatic heterocycles. The summed E-state index contributed by atoms with van der Waals surface area (Å²) in [5, 5.41) is 9.47. The van der Waals surface area contributed by atoms with E-state index >= 15 is 0 Å². The van der Waals surface area contributed by atoms with Gasteiger partial charge >= 0.3 is 5.97 Å². The van der Waals surface area contributed by atoms with Gasteiger partial charge in [0.15, 0.2) is 22.8 Å². The minimum absolute atomic E-state index is 0.103. The summed E-state index contributed by atoms with van der Waals surface area (Å²) in [5.41, 5.74) is 18.7. The van der Waals surface area contributed by atoms with Crippen molar-refractivity contribution in [2.45, 2.75) is 19.4 Å². The first-order valence-corrected chi connectivity index (χ1v) is 6.41. The number of hydrogen-bond donors (Lipinski definition) is 5. The number of carboxylic acid groups (broad SMARTS) is 1. The van der Waals surface area contributed by atoms with Crippen LogP contribution in [-0.4, -0.2) is 54.1 Å². The van der Waals surface area contributed by atoms with Gasteiger partial charge in [-0.05, 0) is 19.9 Å². The number of carboxylic acids is 1. The normalized spacial score (nSPS) is 14.3. The first-order chi connectivity index (χ1) is 9.71. The summed E-state index contributed by atoms with van der Waals surface area (Å²) >= 11 is 0. The Labute approximate surface area is 122 Å². The number of nitrogens with two attached hydrogens (primary N) is 4. The van der Waals surface area contributed by atoms with Gasteiger partial charge in [-0.1, -0.05) is 0 Å². The number of carbonyl (C=O) groups excluding carboxylic acids is 3. The molecule has 0 heterocycles. The molecule has 2 atom stereocenters. The average Bonchev–Trinajstić information content (AvgIpc) is 2.44. The molecule has 0 saturated carbocycles. The lowest BCUT2D eigenvalue weighted by molar-refractivity contribution is -0.166. The maximum atomic E-state index is 12.2. The van der Waals surface area contributed by atoms with Gasteiger partial charge < -0.3 is 28.0 Å². The van der Waals surface area contributed by atoms with Crippen molar-refractivity contribution < 1.29 is 24.3 Å². The van der Waals surface area contributed by atoms with Crippen LogP contribution in [0.4, 0.5) is 0 Å². The third-order valence-electron chi connectivity index (χ3n) is 3.36. The van der Waals surface area contributed by atoms with Crippen molar-refractivity contribution in [2.75, 3.05) is 19.6 Å². The third kappa shape index (κ3) is 3.50. The zero-order chi connectivity index (χ0) is 16.8. The largest absolute Gasteiger partial charge is 0.480 e. The van der Waals surface area contributed by atoms with E-state index in [0.717, 1.165) is 0 Å². The zero-order valence-corrected chi connectivity index (χ0v) is 11.9. The second-order valence-corrected chi connectivity index (χ2v) is 4.69. The van der Waals surface area contributed by atoms with Gasteiger partial charge in [0.25, 0.3) is 0 Å². The van der Waals surface area contributed by atoms with Crippen molar-refractivity contribution in [1.29, 1.82) is 0 Å². The van der Waals surface area contributed by atoms with Crippen LogP contribution in [0.5, 0.6) is 0 Å². The summed E-state index contributed by atoms with van der Waals surface area (Å²) < 4.78 is 0. The number of Topliss-reactive ketones (excluding diaryl/α,β-unsaturated/α-hetero) is 3. The second kappa shape index (κ2) is 7.93. The summed E-state index contributed by atoms with van der Waals surface area (Å²) in [7, 11) is 0. The van der Waals surface area contributed by atoms with Crippen LogP contribution in [0.2, 0.25) is 0 Å². The molecule has 0 saturated heterocycles. The van der Waals surface area contributed by atoms with Crippen molar-refractivity contribution in [2.24, 2.45) is 34.3 Å². The highest BCUT2D eigenvalue weighted by molar-refractivity contribution is 6.25. The molecule has 9 nitrogen and oxygen atoms in total. The van der Waals surface area contributed by atoms with Crippen LogP contribution in [0, 0.1) is 11.3 Å². The molecule has 0 aromatic rings. The van der Waals surface area contributed by atoms with Gasteiger partial charge in [-0.15, -0.1) is 0 Å². The van der Waals surface area contributed by atoms with Crippen LogP contribution in [0.15, 0.2) is 0 Å². The highest BCUT2D eigenvalue weighted by atomic mass is 16.4. The van der Waals surface area contributed by atoms with Crippen LogP contribution < -0.4 is 22.9 Å². The van der Waals surface area contributed by atoms with Gasteiger partial charge in [-0.25, -0.2) is 0 Å². The van der Waals surface area contributed by atoms with Gasteiger partial charge in [0.2, 0.25) is 0 Å². The van der Waals surface area contributed by atoms with Crippen LogP contribution in [0.1, 0.15) is 13.3 Å². The number of rotatable bonds is 10. The summed E-state index contributed by atoms with van der Waals surface area (Å²) in [4.78, 5) is 48.1. The summed E-state index contributed by atoms with van der Waals surface area (Å²) in [6.07, 6.45) is -0.190. The molecule has 2 unspecified atom stereocenters. The minimum Gasteiger partial charge on any atom is -0.480 e. The Morgan fingerprint density at radius 3 is 1.71 bits per heavy atom. The van der Waals surface area contributed by atoms with Crippen LogP contribution in [0.25, 0.3) is 0 Å². The number of carbonyl (C=O) groups is 4. The molecular weight excluding hydrogens is 280 g/mol. The molecule has 0 aromatic heterocycles. The van der Waals surface area contributed by atoms with Crippen LogP contribution in [0.3, 0.4) is 0 Å². The number of aliphatic carboxylic acids is 1. The maximum absolute atomic E-state index is 12.2. The van der Waals surface area contributed by atoms with Crippen molar-refractivity contribution in [3.63, 3.8) is 0 Å². The van der Waals surface area contributed by atoms with Crippen molar-refractivity contribution in [1.82, 2.24) is 0 Å². The van der Waals surface area contributed by atoms with E-state index < -0.39 is 53.8 Å². The SMILES string of the molecule is CC(N)C(=O)C(CCN)C(C(=O)O)(C(=O)CN)C(=O)CN. The maximum Gasteiger partial charge on any atom is 0.325 e. The standard InChI is InChI=1S/C12H22N4O5/c1-6(16)10(19)7(2-3-13)12(11(20)21,8(17)4-14)9(18)5-15/h6-7H,2-5,13-16H2,1H3,(H,20,21). The summed E-state index contributed by atoms with van der Waals surface area (Å²) in [6, 6.07) is -1.06. The van der Waals surface area contributed by atoms with Crippen molar-refractivity contribution in [3.8, 4) is 0 Å². The first kappa shape index (κ1) is 19.3. The first-order valence-electron chi connectivity index (χ1n) is 6.41. The number of hydrogen-bond acceptors (Lipinski definition) is 8. The van der Waals surface area contributed by atoms with E-state index in [0.29, 0.717) is 0 Å². The molecule has 0 radical (unpaired) electrons. The molecular formula is C12H22N4O5. The van der Waals surface area contributed by atoms with Gasteiger partial charge in [0, 0.05) is 0 Å². The van der Waals surface area contributed by atoms with E-state index in [1.54, 1.807) is 0 Å². The van der Waals surface area contributed by atoms with Crippen LogP contribution >= 0.6 is 0 Å². The Hall–Kier alpha value is -1.68. The predicted molar refractivity (Wildman–Crippen MR) is 74.0 cm³/mol. The molecule has 0 aromatic carbocycles. The lowest BCUT2D eigenvalue weighted by Crippen LogP contribution is -2.59. The molecule has 21 heavy (non-hydrogen) atoms. The highest BCUT2D eigenvalue weighted by Crippen LogP contribution is 2.34. The van der Waals surface area contributed by atoms with E-state index in [9.17, 15) is 24.3 Å². The van der Waals surface area contributed by atoms with Crippen molar-refractivity contribution >= 4 is 23.3 Å². The average molecular weight is 302 g/mol. The molecule has 9 heteroatoms. The second-order valence-electron chi connectivity index (χ2n) is 4.69. The van der Waals surface area contributed by atoms with E-state index in [-0.39, 0.29) is 13.0 Å². The van der Waals surface area contributed by atoms with Gasteiger partial charge in [-0.3, -0.25) is 19.2 Å². The summed E-state index contributed by atoms with van der Waals surface area (Å²) in [6.45, 7) is -0.206. The van der Waals surface area contributed by atoms with E-state index in [1.807, 2.05) is 0 Å². The molecule has 0 bridgehead atoms. The highest BCUT2D eigenvalue weighted by Gasteiger charge is 2.59. The van der Waals surface area contributed by atoms with Crippen molar-refractivity contribution in [3.05, 3.63) is 0 Å². The quantitative estimate of drug-likeness (QED) is 0.261. The zero-order valence-electron chi connectivity index (χ0n) is 11.9. The Morgan fingerprint density at radius 2 is 1.48 bits per heavy atom. The molecule has 0 amide bonds. The predicted octanol–water partition coefficient (Wildman–Crippen LogP) is -3.01. The Bertz CT molecular complexity index is 419. The van der Waals surface area contributed by atoms with E-state index in [1.165, 1.54) is 6.92 Å². The van der Waals surface area contributed by atoms with Gasteiger partial charge in [0.1, 0.15) is 0 Å². The Kier molecular flexibility index (Phi) is 7.30. The molecule has 0 aliphatic carbocycles. The van der Waals surface area contributed by atoms with Crippen LogP contribution in [-0.2, 0) is 19.2 Å². The fraction of sp³-hybridized carbons (Fsp3) is 0.667. The third-order valence-corrected chi connectivity index (χ3v) is 3.36. The molecule has 0 spiro atoms. The van der Waals surface area contributed by atoms with Gasteiger partial charge in [0.05, 0.1) is 25.0 Å². The molecule has 120 valence electrons. The molecule has 0 fully saturated rings. The lowest BCUT2D eigenvalue weighted by atomic mass is 9.65. The Morgan fingerprint density at radius 1 is 1.05 bits per heavy atom. The van der Waals surface area contributed by atoms with E-state index in [4.69, 9.17) is 22.9 Å². The smallest absolute Gasteiger partial charge is 0.325 e. The summed E-state index contributed by atoms with van der Waals surface area (Å²) in [5.74, 6) is -6.17. The van der Waals surface area contributed by atoms with Gasteiger partial charge in [-0.2, -0.15) is 0 Å². The monoisotopic (exact) mass is 302 g/mol. The topological polar surface area (TPSA) is 193 Å². The lowest BCUT2D eigenvalue weighted by Gasteiger charge is -2.33. The van der Waals surface area contributed by atoms with E-state index in [2.05, 4.69) is 0 Å². The molecule has 9 N–H and O–H groups in total. The Balaban J connectivity index is 6.27. The fourth-order valence-corrected chi connectivity index (χ4v) is 2.31. The molecule has 0 aliphatic rings. The minimum atomic E-state index is -2.63. The molecule has 0 rings (SSSR count). The fourth-order valence-electron chi connectivity index (χ4n) is 2.31.